The van der Waals surface area contributed by atoms with E-state index >= 15 is 0 Å². The summed E-state index contributed by atoms with van der Waals surface area (Å²) in [4.78, 5) is 2.73. The number of hydrogen-bond donors (Lipinski definition) is 1. The van der Waals surface area contributed by atoms with Crippen LogP contribution in [0.3, 0.4) is 0 Å². The lowest BCUT2D eigenvalue weighted by Crippen LogP contribution is -2.20. The van der Waals surface area contributed by atoms with Crippen LogP contribution in [0.2, 0.25) is 5.02 Å². The summed E-state index contributed by atoms with van der Waals surface area (Å²) in [5, 5.41) is 4.39. The Labute approximate surface area is 124 Å². The lowest BCUT2D eigenvalue weighted by atomic mass is 10.1. The fourth-order valence-corrected chi connectivity index (χ4v) is 3.37. The van der Waals surface area contributed by atoms with Crippen molar-refractivity contribution in [1.29, 1.82) is 0 Å². The molecule has 2 rings (SSSR count). The normalized spacial score (nSPS) is 12.6. The van der Waals surface area contributed by atoms with Gasteiger partial charge in [0.1, 0.15) is 0 Å². The molecule has 1 atom stereocenters. The van der Waals surface area contributed by atoms with Gasteiger partial charge in [-0.05, 0) is 49.2 Å². The van der Waals surface area contributed by atoms with E-state index in [1.807, 2.05) is 23.5 Å². The molecule has 0 aliphatic rings. The minimum atomic E-state index is 0.478. The highest BCUT2D eigenvalue weighted by Crippen LogP contribution is 2.33. The molecule has 0 radical (unpaired) electrons. The third-order valence-electron chi connectivity index (χ3n) is 3.15. The Hall–Kier alpha value is -0.830. The summed E-state index contributed by atoms with van der Waals surface area (Å²) in [6.07, 6.45) is 2.30. The van der Waals surface area contributed by atoms with Crippen LogP contribution in [0.4, 0.5) is 0 Å². The van der Waals surface area contributed by atoms with Gasteiger partial charge in [-0.15, -0.1) is 11.3 Å². The van der Waals surface area contributed by atoms with Crippen LogP contribution in [-0.2, 0) is 0 Å². The Balaban J connectivity index is 2.15. The third kappa shape index (κ3) is 3.82. The number of thiophene rings is 1. The third-order valence-corrected chi connectivity index (χ3v) is 4.65. The predicted molar refractivity (Wildman–Crippen MR) is 86.1 cm³/mol. The predicted octanol–water partition coefficient (Wildman–Crippen LogP) is 5.52. The first-order valence-corrected chi connectivity index (χ1v) is 8.03. The maximum absolute atomic E-state index is 5.93. The molecule has 1 aromatic carbocycles. The molecule has 1 unspecified atom stereocenters. The summed E-state index contributed by atoms with van der Waals surface area (Å²) in [5.41, 5.74) is 1.24. The molecule has 0 aliphatic carbocycles. The van der Waals surface area contributed by atoms with Crippen LogP contribution in [-0.4, -0.2) is 6.54 Å². The van der Waals surface area contributed by atoms with Gasteiger partial charge >= 0.3 is 0 Å². The Morgan fingerprint density at radius 2 is 1.84 bits per heavy atom. The SMILES string of the molecule is CCCNC(CC)c1ccc(-c2ccc(Cl)cc2)s1. The summed E-state index contributed by atoms with van der Waals surface area (Å²) < 4.78 is 0. The van der Waals surface area contributed by atoms with Crippen LogP contribution in [0.5, 0.6) is 0 Å². The first kappa shape index (κ1) is 14.6. The van der Waals surface area contributed by atoms with Crippen LogP contribution in [0.1, 0.15) is 37.6 Å². The minimum absolute atomic E-state index is 0.478. The molecule has 0 saturated heterocycles. The van der Waals surface area contributed by atoms with Gasteiger partial charge in [0.25, 0.3) is 0 Å². The quantitative estimate of drug-likeness (QED) is 0.739. The molecule has 102 valence electrons. The molecule has 0 spiro atoms. The van der Waals surface area contributed by atoms with Gasteiger partial charge in [-0.2, -0.15) is 0 Å². The molecule has 0 saturated carbocycles. The lowest BCUT2D eigenvalue weighted by molar-refractivity contribution is 0.525. The summed E-state index contributed by atoms with van der Waals surface area (Å²) in [6, 6.07) is 13.0. The van der Waals surface area contributed by atoms with Crippen LogP contribution >= 0.6 is 22.9 Å². The number of hydrogen-bond acceptors (Lipinski definition) is 2. The minimum Gasteiger partial charge on any atom is -0.309 e. The summed E-state index contributed by atoms with van der Waals surface area (Å²) in [5.74, 6) is 0. The second-order valence-electron chi connectivity index (χ2n) is 4.62. The van der Waals surface area contributed by atoms with Crippen LogP contribution in [0, 0.1) is 0 Å². The van der Waals surface area contributed by atoms with E-state index in [1.165, 1.54) is 21.7 Å². The summed E-state index contributed by atoms with van der Waals surface area (Å²) in [7, 11) is 0. The Morgan fingerprint density at radius 3 is 2.47 bits per heavy atom. The van der Waals surface area contributed by atoms with Crippen molar-refractivity contribution in [3.05, 3.63) is 46.3 Å². The van der Waals surface area contributed by atoms with E-state index in [9.17, 15) is 0 Å². The zero-order chi connectivity index (χ0) is 13.7. The van der Waals surface area contributed by atoms with Gasteiger partial charge in [0.15, 0.2) is 0 Å². The second-order valence-corrected chi connectivity index (χ2v) is 6.18. The largest absolute Gasteiger partial charge is 0.309 e. The van der Waals surface area contributed by atoms with Crippen LogP contribution in [0.15, 0.2) is 36.4 Å². The highest BCUT2D eigenvalue weighted by atomic mass is 35.5. The topological polar surface area (TPSA) is 12.0 Å². The molecular formula is C16H20ClNS. The average Bonchev–Trinajstić information content (AvgIpc) is 2.90. The fourth-order valence-electron chi connectivity index (χ4n) is 2.07. The first-order chi connectivity index (χ1) is 9.24. The zero-order valence-corrected chi connectivity index (χ0v) is 13.0. The van der Waals surface area contributed by atoms with E-state index in [1.54, 1.807) is 0 Å². The molecule has 1 nitrogen and oxygen atoms in total. The Bertz CT molecular complexity index is 504. The van der Waals surface area contributed by atoms with E-state index in [-0.39, 0.29) is 0 Å². The van der Waals surface area contributed by atoms with Crippen molar-refractivity contribution >= 4 is 22.9 Å². The van der Waals surface area contributed by atoms with E-state index in [2.05, 4.69) is 43.4 Å². The van der Waals surface area contributed by atoms with E-state index in [4.69, 9.17) is 11.6 Å². The van der Waals surface area contributed by atoms with Gasteiger partial charge in [0, 0.05) is 20.8 Å². The zero-order valence-electron chi connectivity index (χ0n) is 11.4. The molecule has 0 fully saturated rings. The highest BCUT2D eigenvalue weighted by molar-refractivity contribution is 7.15. The molecule has 1 heterocycles. The molecule has 0 amide bonds. The molecular weight excluding hydrogens is 274 g/mol. The van der Waals surface area contributed by atoms with Gasteiger partial charge in [-0.25, -0.2) is 0 Å². The maximum atomic E-state index is 5.93. The van der Waals surface area contributed by atoms with Crippen molar-refractivity contribution in [3.8, 4) is 10.4 Å². The molecule has 1 aromatic heterocycles. The fraction of sp³-hybridized carbons (Fsp3) is 0.375. The molecule has 0 aliphatic heterocycles. The lowest BCUT2D eigenvalue weighted by Gasteiger charge is -2.14. The Morgan fingerprint density at radius 1 is 1.11 bits per heavy atom. The second kappa shape index (κ2) is 7.09. The van der Waals surface area contributed by atoms with Crippen LogP contribution in [0.25, 0.3) is 10.4 Å². The van der Waals surface area contributed by atoms with Crippen molar-refractivity contribution < 1.29 is 0 Å². The summed E-state index contributed by atoms with van der Waals surface area (Å²) >= 11 is 7.80. The summed E-state index contributed by atoms with van der Waals surface area (Å²) in [6.45, 7) is 5.51. The van der Waals surface area contributed by atoms with Crippen molar-refractivity contribution in [3.63, 3.8) is 0 Å². The Kier molecular flexibility index (Phi) is 5.44. The molecule has 1 N–H and O–H groups in total. The van der Waals surface area contributed by atoms with E-state index in [0.717, 1.165) is 18.0 Å². The highest BCUT2D eigenvalue weighted by Gasteiger charge is 2.11. The monoisotopic (exact) mass is 293 g/mol. The van der Waals surface area contributed by atoms with Gasteiger partial charge in [-0.1, -0.05) is 37.6 Å². The molecule has 19 heavy (non-hydrogen) atoms. The van der Waals surface area contributed by atoms with Gasteiger partial charge in [-0.3, -0.25) is 0 Å². The van der Waals surface area contributed by atoms with Gasteiger partial charge in [0.2, 0.25) is 0 Å². The van der Waals surface area contributed by atoms with E-state index < -0.39 is 0 Å². The maximum Gasteiger partial charge on any atom is 0.0412 e. The van der Waals surface area contributed by atoms with Crippen molar-refractivity contribution in [1.82, 2.24) is 5.32 Å². The first-order valence-electron chi connectivity index (χ1n) is 6.83. The smallest absolute Gasteiger partial charge is 0.0412 e. The standard InChI is InChI=1S/C16H20ClNS/c1-3-11-18-14(4-2)16-10-9-15(19-16)12-5-7-13(17)8-6-12/h5-10,14,18H,3-4,11H2,1-2H3. The molecule has 2 aromatic rings. The van der Waals surface area contributed by atoms with Gasteiger partial charge in [0.05, 0.1) is 0 Å². The van der Waals surface area contributed by atoms with Crippen molar-refractivity contribution in [2.75, 3.05) is 6.54 Å². The number of halogens is 1. The molecule has 3 heteroatoms. The number of benzene rings is 1. The van der Waals surface area contributed by atoms with E-state index in [0.29, 0.717) is 6.04 Å². The average molecular weight is 294 g/mol. The van der Waals surface area contributed by atoms with Crippen molar-refractivity contribution in [2.24, 2.45) is 0 Å². The van der Waals surface area contributed by atoms with Crippen LogP contribution < -0.4 is 5.32 Å². The van der Waals surface area contributed by atoms with Crippen molar-refractivity contribution in [2.45, 2.75) is 32.7 Å². The molecule has 0 bridgehead atoms. The van der Waals surface area contributed by atoms with Gasteiger partial charge < -0.3 is 5.32 Å². The number of nitrogens with one attached hydrogen (secondary N) is 1. The number of rotatable bonds is 6.